The molecule has 0 radical (unpaired) electrons. The molecule has 1 aromatic rings. The van der Waals surface area contributed by atoms with Crippen LogP contribution in [-0.4, -0.2) is 29.5 Å². The maximum Gasteiger partial charge on any atom is 0.124 e. The Hall–Kier alpha value is -1.26. The molecule has 0 aliphatic heterocycles. The van der Waals surface area contributed by atoms with Crippen LogP contribution in [0.5, 0.6) is 11.5 Å². The summed E-state index contributed by atoms with van der Waals surface area (Å²) in [6.07, 6.45) is 3.61. The predicted molar refractivity (Wildman–Crippen MR) is 69.8 cm³/mol. The minimum Gasteiger partial charge on any atom is -0.508 e. The zero-order chi connectivity index (χ0) is 13.1. The standard InChI is InChI=1S/C14H21NO3/c1-9(11-7-6-10(16)8-13(11)17)15-12-4-3-5-14(12)18-2/h6-9,12,14-17H,3-5H2,1-2H3. The normalized spacial score (nSPS) is 25.2. The Balaban J connectivity index is 2.05. The number of hydrogen-bond acceptors (Lipinski definition) is 4. The fraction of sp³-hybridized carbons (Fsp3) is 0.571. The Morgan fingerprint density at radius 1 is 1.33 bits per heavy atom. The molecule has 1 aliphatic rings. The van der Waals surface area contributed by atoms with E-state index in [1.165, 1.54) is 12.5 Å². The molecule has 4 heteroatoms. The van der Waals surface area contributed by atoms with E-state index in [0.29, 0.717) is 6.04 Å². The molecule has 0 saturated heterocycles. The molecule has 0 amide bonds. The van der Waals surface area contributed by atoms with E-state index in [0.717, 1.165) is 18.4 Å². The van der Waals surface area contributed by atoms with Gasteiger partial charge in [-0.25, -0.2) is 0 Å². The number of rotatable bonds is 4. The molecule has 2 rings (SSSR count). The van der Waals surface area contributed by atoms with E-state index < -0.39 is 0 Å². The van der Waals surface area contributed by atoms with Crippen LogP contribution in [0.1, 0.15) is 37.8 Å². The topological polar surface area (TPSA) is 61.7 Å². The third kappa shape index (κ3) is 2.76. The summed E-state index contributed by atoms with van der Waals surface area (Å²) < 4.78 is 5.44. The van der Waals surface area contributed by atoms with E-state index in [9.17, 15) is 10.2 Å². The minimum atomic E-state index is 0.0337. The quantitative estimate of drug-likeness (QED) is 0.768. The lowest BCUT2D eigenvalue weighted by molar-refractivity contribution is 0.0818. The third-order valence-corrected chi connectivity index (χ3v) is 3.70. The molecule has 18 heavy (non-hydrogen) atoms. The molecule has 3 N–H and O–H groups in total. The Morgan fingerprint density at radius 3 is 2.78 bits per heavy atom. The monoisotopic (exact) mass is 251 g/mol. The van der Waals surface area contributed by atoms with Crippen molar-refractivity contribution in [1.82, 2.24) is 5.32 Å². The van der Waals surface area contributed by atoms with Crippen molar-refractivity contribution in [3.05, 3.63) is 23.8 Å². The van der Waals surface area contributed by atoms with Crippen LogP contribution >= 0.6 is 0 Å². The van der Waals surface area contributed by atoms with Gasteiger partial charge < -0.3 is 20.3 Å². The number of methoxy groups -OCH3 is 1. The molecule has 0 spiro atoms. The average Bonchev–Trinajstić information content (AvgIpc) is 2.76. The lowest BCUT2D eigenvalue weighted by Crippen LogP contribution is -2.38. The molecule has 1 saturated carbocycles. The first-order valence-electron chi connectivity index (χ1n) is 6.42. The Labute approximate surface area is 108 Å². The van der Waals surface area contributed by atoms with Gasteiger partial charge in [-0.3, -0.25) is 0 Å². The van der Waals surface area contributed by atoms with Crippen LogP contribution in [0.25, 0.3) is 0 Å². The molecule has 1 aliphatic carbocycles. The van der Waals surface area contributed by atoms with Crippen molar-refractivity contribution >= 4 is 0 Å². The average molecular weight is 251 g/mol. The third-order valence-electron chi connectivity index (χ3n) is 3.70. The first-order valence-corrected chi connectivity index (χ1v) is 6.42. The van der Waals surface area contributed by atoms with Crippen LogP contribution < -0.4 is 5.32 Å². The summed E-state index contributed by atoms with van der Waals surface area (Å²) in [5.41, 5.74) is 0.801. The molecule has 1 aromatic carbocycles. The van der Waals surface area contributed by atoms with Crippen LogP contribution in [-0.2, 0) is 4.74 Å². The van der Waals surface area contributed by atoms with Gasteiger partial charge in [0, 0.05) is 30.8 Å². The second kappa shape index (κ2) is 5.59. The minimum absolute atomic E-state index is 0.0337. The van der Waals surface area contributed by atoms with Crippen LogP contribution in [0.15, 0.2) is 18.2 Å². The van der Waals surface area contributed by atoms with Gasteiger partial charge in [0.05, 0.1) is 6.10 Å². The summed E-state index contributed by atoms with van der Waals surface area (Å²) in [5, 5.41) is 22.6. The van der Waals surface area contributed by atoms with Crippen LogP contribution in [0.4, 0.5) is 0 Å². The van der Waals surface area contributed by atoms with E-state index in [1.807, 2.05) is 6.92 Å². The molecule has 1 fully saturated rings. The first-order chi connectivity index (χ1) is 8.61. The fourth-order valence-electron chi connectivity index (χ4n) is 2.71. The van der Waals surface area contributed by atoms with Gasteiger partial charge in [0.25, 0.3) is 0 Å². The number of benzene rings is 1. The number of aromatic hydroxyl groups is 2. The number of nitrogens with one attached hydrogen (secondary N) is 1. The summed E-state index contributed by atoms with van der Waals surface area (Å²) in [6.45, 7) is 2.01. The Bertz CT molecular complexity index is 408. The van der Waals surface area contributed by atoms with E-state index in [1.54, 1.807) is 19.2 Å². The zero-order valence-electron chi connectivity index (χ0n) is 10.9. The molecule has 0 aromatic heterocycles. The summed E-state index contributed by atoms with van der Waals surface area (Å²) in [4.78, 5) is 0. The van der Waals surface area contributed by atoms with Crippen molar-refractivity contribution in [3.8, 4) is 11.5 Å². The number of phenols is 2. The maximum absolute atomic E-state index is 9.83. The van der Waals surface area contributed by atoms with E-state index in [2.05, 4.69) is 5.32 Å². The summed E-state index contributed by atoms with van der Waals surface area (Å²) >= 11 is 0. The molecule has 0 bridgehead atoms. The Morgan fingerprint density at radius 2 is 2.11 bits per heavy atom. The molecule has 0 heterocycles. The summed E-state index contributed by atoms with van der Waals surface area (Å²) in [7, 11) is 1.74. The molecule has 3 atom stereocenters. The second-order valence-electron chi connectivity index (χ2n) is 4.94. The van der Waals surface area contributed by atoms with Gasteiger partial charge in [0.2, 0.25) is 0 Å². The lowest BCUT2D eigenvalue weighted by Gasteiger charge is -2.24. The van der Waals surface area contributed by atoms with Crippen LogP contribution in [0.3, 0.4) is 0 Å². The second-order valence-corrected chi connectivity index (χ2v) is 4.94. The Kier molecular flexibility index (Phi) is 4.09. The largest absolute Gasteiger partial charge is 0.508 e. The first kappa shape index (κ1) is 13.2. The summed E-state index contributed by atoms with van der Waals surface area (Å²) in [5.74, 6) is 0.209. The van der Waals surface area contributed by atoms with Crippen LogP contribution in [0.2, 0.25) is 0 Å². The number of phenolic OH excluding ortho intramolecular Hbond substituents is 2. The zero-order valence-corrected chi connectivity index (χ0v) is 10.9. The van der Waals surface area contributed by atoms with E-state index >= 15 is 0 Å². The SMILES string of the molecule is COC1CCCC1NC(C)c1ccc(O)cc1O. The maximum atomic E-state index is 9.83. The highest BCUT2D eigenvalue weighted by Gasteiger charge is 2.28. The highest BCUT2D eigenvalue weighted by molar-refractivity contribution is 5.40. The van der Waals surface area contributed by atoms with Crippen molar-refractivity contribution < 1.29 is 14.9 Å². The lowest BCUT2D eigenvalue weighted by atomic mass is 10.0. The van der Waals surface area contributed by atoms with Crippen molar-refractivity contribution in [1.29, 1.82) is 0 Å². The molecule has 4 nitrogen and oxygen atoms in total. The van der Waals surface area contributed by atoms with E-state index in [-0.39, 0.29) is 23.6 Å². The smallest absolute Gasteiger partial charge is 0.124 e. The molecule has 100 valence electrons. The van der Waals surface area contributed by atoms with E-state index in [4.69, 9.17) is 4.74 Å². The van der Waals surface area contributed by atoms with Gasteiger partial charge in [0.1, 0.15) is 11.5 Å². The van der Waals surface area contributed by atoms with Gasteiger partial charge in [-0.1, -0.05) is 6.07 Å². The van der Waals surface area contributed by atoms with Crippen LogP contribution in [0, 0.1) is 0 Å². The molecular weight excluding hydrogens is 230 g/mol. The molecule has 3 unspecified atom stereocenters. The van der Waals surface area contributed by atoms with Gasteiger partial charge in [-0.2, -0.15) is 0 Å². The highest BCUT2D eigenvalue weighted by atomic mass is 16.5. The predicted octanol–water partition coefficient (Wildman–Crippen LogP) is 2.32. The van der Waals surface area contributed by atoms with Gasteiger partial charge >= 0.3 is 0 Å². The fourth-order valence-corrected chi connectivity index (χ4v) is 2.71. The van der Waals surface area contributed by atoms with Crippen molar-refractivity contribution in [2.24, 2.45) is 0 Å². The van der Waals surface area contributed by atoms with Crippen molar-refractivity contribution in [3.63, 3.8) is 0 Å². The number of ether oxygens (including phenoxy) is 1. The van der Waals surface area contributed by atoms with Gasteiger partial charge in [0.15, 0.2) is 0 Å². The molecular formula is C14H21NO3. The van der Waals surface area contributed by atoms with Gasteiger partial charge in [-0.05, 0) is 32.3 Å². The van der Waals surface area contributed by atoms with Crippen molar-refractivity contribution in [2.75, 3.05) is 7.11 Å². The van der Waals surface area contributed by atoms with Gasteiger partial charge in [-0.15, -0.1) is 0 Å². The summed E-state index contributed by atoms with van der Waals surface area (Å²) in [6, 6.07) is 5.08. The van der Waals surface area contributed by atoms with Crippen molar-refractivity contribution in [2.45, 2.75) is 44.4 Å². The highest BCUT2D eigenvalue weighted by Crippen LogP contribution is 2.30. The number of hydrogen-bond donors (Lipinski definition) is 3.